The molecule has 2 aromatic rings. The molecule has 0 radical (unpaired) electrons. The van der Waals surface area contributed by atoms with Crippen molar-refractivity contribution in [1.29, 1.82) is 0 Å². The van der Waals surface area contributed by atoms with E-state index in [-0.39, 0.29) is 23.4 Å². The Kier molecular flexibility index (Phi) is 6.53. The third-order valence-electron chi connectivity index (χ3n) is 3.72. The number of methoxy groups -OCH3 is 1. The lowest BCUT2D eigenvalue weighted by molar-refractivity contribution is -0.117. The first-order chi connectivity index (χ1) is 12.9. The molecule has 144 valence electrons. The standard InChI is InChI=1S/C18H22N4O5/c1-4-9-27-13-8-6-5-7-11(13)17(24)20-15-12(10-14(19)23)22(2)21-16(15)18(25)26-3/h5-8H,4,9-10H2,1-3H3,(H2,19,23)(H,20,24). The van der Waals surface area contributed by atoms with Crippen LogP contribution in [-0.2, 0) is 23.0 Å². The van der Waals surface area contributed by atoms with Crippen LogP contribution >= 0.6 is 0 Å². The van der Waals surface area contributed by atoms with Gasteiger partial charge in [-0.05, 0) is 18.6 Å². The molecule has 0 spiro atoms. The second-order valence-electron chi connectivity index (χ2n) is 5.73. The third kappa shape index (κ3) is 4.63. The average Bonchev–Trinajstić information content (AvgIpc) is 2.94. The van der Waals surface area contributed by atoms with Crippen LogP contribution in [0, 0.1) is 0 Å². The van der Waals surface area contributed by atoms with Gasteiger partial charge in [-0.25, -0.2) is 4.79 Å². The monoisotopic (exact) mass is 374 g/mol. The molecule has 0 aliphatic rings. The number of nitrogens with one attached hydrogen (secondary N) is 1. The lowest BCUT2D eigenvalue weighted by atomic mass is 10.1. The number of esters is 1. The van der Waals surface area contributed by atoms with Gasteiger partial charge in [0.1, 0.15) is 5.75 Å². The fourth-order valence-corrected chi connectivity index (χ4v) is 2.47. The van der Waals surface area contributed by atoms with E-state index in [4.69, 9.17) is 15.2 Å². The lowest BCUT2D eigenvalue weighted by Gasteiger charge is -2.12. The van der Waals surface area contributed by atoms with E-state index in [2.05, 4.69) is 10.4 Å². The second kappa shape index (κ2) is 8.84. The van der Waals surface area contributed by atoms with E-state index in [1.54, 1.807) is 31.3 Å². The van der Waals surface area contributed by atoms with Gasteiger partial charge in [-0.15, -0.1) is 0 Å². The van der Waals surface area contributed by atoms with Crippen molar-refractivity contribution < 1.29 is 23.9 Å². The Morgan fingerprint density at radius 3 is 2.59 bits per heavy atom. The Hall–Kier alpha value is -3.36. The maximum atomic E-state index is 12.8. The molecule has 2 amide bonds. The fraction of sp³-hybridized carbons (Fsp3) is 0.333. The minimum atomic E-state index is -0.743. The SMILES string of the molecule is CCCOc1ccccc1C(=O)Nc1c(C(=O)OC)nn(C)c1CC(N)=O. The van der Waals surface area contributed by atoms with Gasteiger partial charge in [0.15, 0.2) is 5.69 Å². The Morgan fingerprint density at radius 1 is 1.26 bits per heavy atom. The molecule has 0 saturated heterocycles. The maximum Gasteiger partial charge on any atom is 0.360 e. The zero-order valence-electron chi connectivity index (χ0n) is 15.4. The van der Waals surface area contributed by atoms with Crippen LogP contribution in [0.25, 0.3) is 0 Å². The van der Waals surface area contributed by atoms with Gasteiger partial charge in [0.25, 0.3) is 5.91 Å². The number of hydrogen-bond donors (Lipinski definition) is 2. The minimum Gasteiger partial charge on any atom is -0.493 e. The predicted octanol–water partition coefficient (Wildman–Crippen LogP) is 1.28. The van der Waals surface area contributed by atoms with E-state index in [0.717, 1.165) is 6.42 Å². The van der Waals surface area contributed by atoms with E-state index < -0.39 is 17.8 Å². The van der Waals surface area contributed by atoms with Gasteiger partial charge in [-0.2, -0.15) is 5.10 Å². The molecule has 27 heavy (non-hydrogen) atoms. The summed E-state index contributed by atoms with van der Waals surface area (Å²) in [6.07, 6.45) is 0.581. The molecule has 0 atom stereocenters. The molecule has 2 rings (SSSR count). The van der Waals surface area contributed by atoms with E-state index in [0.29, 0.717) is 18.1 Å². The molecule has 9 heteroatoms. The van der Waals surface area contributed by atoms with Crippen LogP contribution in [0.4, 0.5) is 5.69 Å². The highest BCUT2D eigenvalue weighted by molar-refractivity contribution is 6.09. The summed E-state index contributed by atoms with van der Waals surface area (Å²) >= 11 is 0. The van der Waals surface area contributed by atoms with E-state index >= 15 is 0 Å². The lowest BCUT2D eigenvalue weighted by Crippen LogP contribution is -2.20. The molecule has 0 saturated carbocycles. The molecule has 3 N–H and O–H groups in total. The van der Waals surface area contributed by atoms with E-state index in [1.165, 1.54) is 11.8 Å². The molecule has 0 aliphatic heterocycles. The quantitative estimate of drug-likeness (QED) is 0.670. The minimum absolute atomic E-state index is 0.0819. The highest BCUT2D eigenvalue weighted by atomic mass is 16.5. The topological polar surface area (TPSA) is 126 Å². The van der Waals surface area contributed by atoms with Gasteiger partial charge >= 0.3 is 5.97 Å². The van der Waals surface area contributed by atoms with Crippen LogP contribution in [0.5, 0.6) is 5.75 Å². The number of hydrogen-bond acceptors (Lipinski definition) is 6. The van der Waals surface area contributed by atoms with Crippen LogP contribution in [-0.4, -0.2) is 41.3 Å². The van der Waals surface area contributed by atoms with Crippen LogP contribution in [0.1, 0.15) is 39.9 Å². The van der Waals surface area contributed by atoms with Crippen molar-refractivity contribution in [2.24, 2.45) is 12.8 Å². The number of rotatable bonds is 8. The maximum absolute atomic E-state index is 12.8. The number of carbonyl (C=O) groups excluding carboxylic acids is 3. The number of ether oxygens (including phenoxy) is 2. The molecule has 0 fully saturated rings. The molecule has 1 aromatic heterocycles. The Morgan fingerprint density at radius 2 is 1.96 bits per heavy atom. The fourth-order valence-electron chi connectivity index (χ4n) is 2.47. The van der Waals surface area contributed by atoms with Crippen molar-refractivity contribution in [3.63, 3.8) is 0 Å². The number of carbonyl (C=O) groups is 3. The number of benzene rings is 1. The summed E-state index contributed by atoms with van der Waals surface area (Å²) in [5, 5.41) is 6.68. The van der Waals surface area contributed by atoms with Crippen LogP contribution in [0.3, 0.4) is 0 Å². The number of para-hydroxylation sites is 1. The summed E-state index contributed by atoms with van der Waals surface area (Å²) in [6.45, 7) is 2.41. The van der Waals surface area contributed by atoms with Crippen molar-refractivity contribution >= 4 is 23.5 Å². The molecule has 1 aromatic carbocycles. The molecule has 1 heterocycles. The van der Waals surface area contributed by atoms with Crippen molar-refractivity contribution in [2.45, 2.75) is 19.8 Å². The Balaban J connectivity index is 2.42. The zero-order chi connectivity index (χ0) is 20.0. The summed E-state index contributed by atoms with van der Waals surface area (Å²) in [4.78, 5) is 36.2. The van der Waals surface area contributed by atoms with Gasteiger partial charge in [0, 0.05) is 7.05 Å². The number of nitrogens with two attached hydrogens (primary N) is 1. The zero-order valence-corrected chi connectivity index (χ0v) is 15.4. The van der Waals surface area contributed by atoms with Crippen molar-refractivity contribution in [3.05, 3.63) is 41.2 Å². The van der Waals surface area contributed by atoms with E-state index in [9.17, 15) is 14.4 Å². The number of aryl methyl sites for hydroxylation is 1. The summed E-state index contributed by atoms with van der Waals surface area (Å²) in [7, 11) is 2.74. The normalized spacial score (nSPS) is 10.3. The molecular weight excluding hydrogens is 352 g/mol. The first kappa shape index (κ1) is 20.0. The molecular formula is C18H22N4O5. The van der Waals surface area contributed by atoms with Crippen LogP contribution in [0.15, 0.2) is 24.3 Å². The van der Waals surface area contributed by atoms with Gasteiger partial charge in [0.2, 0.25) is 5.91 Å². The number of amides is 2. The Bertz CT molecular complexity index is 859. The Labute approximate surface area is 156 Å². The highest BCUT2D eigenvalue weighted by Crippen LogP contribution is 2.25. The van der Waals surface area contributed by atoms with Crippen molar-refractivity contribution in [3.8, 4) is 5.75 Å². The number of aromatic nitrogens is 2. The number of anilines is 1. The largest absolute Gasteiger partial charge is 0.493 e. The average molecular weight is 374 g/mol. The van der Waals surface area contributed by atoms with Crippen LogP contribution < -0.4 is 15.8 Å². The van der Waals surface area contributed by atoms with Gasteiger partial charge in [-0.3, -0.25) is 14.3 Å². The smallest absolute Gasteiger partial charge is 0.360 e. The summed E-state index contributed by atoms with van der Waals surface area (Å²) < 4.78 is 11.6. The first-order valence-corrected chi connectivity index (χ1v) is 8.34. The summed E-state index contributed by atoms with van der Waals surface area (Å²) in [5.74, 6) is -1.47. The molecule has 0 unspecified atom stereocenters. The molecule has 0 bridgehead atoms. The van der Waals surface area contributed by atoms with Gasteiger partial charge in [0.05, 0.1) is 37.1 Å². The molecule has 0 aliphatic carbocycles. The summed E-state index contributed by atoms with van der Waals surface area (Å²) in [5.41, 5.74) is 5.82. The van der Waals surface area contributed by atoms with Crippen LogP contribution in [0.2, 0.25) is 0 Å². The number of nitrogens with zero attached hydrogens (tertiary/aromatic N) is 2. The first-order valence-electron chi connectivity index (χ1n) is 8.34. The van der Waals surface area contributed by atoms with E-state index in [1.807, 2.05) is 6.92 Å². The van der Waals surface area contributed by atoms with Crippen molar-refractivity contribution in [1.82, 2.24) is 9.78 Å². The van der Waals surface area contributed by atoms with Crippen molar-refractivity contribution in [2.75, 3.05) is 19.0 Å². The highest BCUT2D eigenvalue weighted by Gasteiger charge is 2.26. The summed E-state index contributed by atoms with van der Waals surface area (Å²) in [6, 6.07) is 6.73. The number of primary amides is 1. The third-order valence-corrected chi connectivity index (χ3v) is 3.72. The van der Waals surface area contributed by atoms with Gasteiger partial charge < -0.3 is 20.5 Å². The van der Waals surface area contributed by atoms with Gasteiger partial charge in [-0.1, -0.05) is 19.1 Å². The second-order valence-corrected chi connectivity index (χ2v) is 5.73. The molecule has 9 nitrogen and oxygen atoms in total. The predicted molar refractivity (Wildman–Crippen MR) is 97.6 cm³/mol.